The second-order valence-corrected chi connectivity index (χ2v) is 4.61. The summed E-state index contributed by atoms with van der Waals surface area (Å²) in [5.74, 6) is 0.298. The van der Waals surface area contributed by atoms with Crippen molar-refractivity contribution in [2.24, 2.45) is 0 Å². The monoisotopic (exact) mass is 316 g/mol. The second kappa shape index (κ2) is 6.34. The van der Waals surface area contributed by atoms with Crippen LogP contribution in [0.25, 0.3) is 0 Å². The Hall–Kier alpha value is -1.63. The third-order valence-corrected chi connectivity index (χ3v) is 2.85. The van der Waals surface area contributed by atoms with Gasteiger partial charge in [0.05, 0.1) is 28.5 Å². The van der Waals surface area contributed by atoms with Crippen molar-refractivity contribution in [3.8, 4) is 5.75 Å². The molecule has 18 heavy (non-hydrogen) atoms. The molecule has 0 unspecified atom stereocenters. The highest BCUT2D eigenvalue weighted by atomic mass is 79.9. The lowest BCUT2D eigenvalue weighted by Gasteiger charge is -2.11. The summed E-state index contributed by atoms with van der Waals surface area (Å²) in [7, 11) is 3.32. The summed E-state index contributed by atoms with van der Waals surface area (Å²) in [6.45, 7) is 0.177. The highest BCUT2D eigenvalue weighted by molar-refractivity contribution is 9.10. The van der Waals surface area contributed by atoms with E-state index in [2.05, 4.69) is 15.9 Å². The van der Waals surface area contributed by atoms with Gasteiger partial charge in [0, 0.05) is 20.2 Å². The molecule has 0 aliphatic carbocycles. The van der Waals surface area contributed by atoms with Crippen LogP contribution in [-0.4, -0.2) is 36.4 Å². The van der Waals surface area contributed by atoms with Crippen LogP contribution >= 0.6 is 15.9 Å². The first kappa shape index (κ1) is 14.4. The van der Waals surface area contributed by atoms with E-state index < -0.39 is 4.92 Å². The van der Waals surface area contributed by atoms with E-state index in [4.69, 9.17) is 4.74 Å². The maximum absolute atomic E-state index is 11.3. The van der Waals surface area contributed by atoms with Crippen molar-refractivity contribution in [2.45, 2.75) is 6.42 Å². The lowest BCUT2D eigenvalue weighted by molar-refractivity contribution is -0.385. The third-order valence-electron chi connectivity index (χ3n) is 2.20. The predicted molar refractivity (Wildman–Crippen MR) is 69.6 cm³/mol. The molecule has 0 aliphatic heterocycles. The van der Waals surface area contributed by atoms with E-state index in [1.807, 2.05) is 0 Å². The summed E-state index contributed by atoms with van der Waals surface area (Å²) in [6.07, 6.45) is 0.224. The van der Waals surface area contributed by atoms with Gasteiger partial charge in [0.15, 0.2) is 0 Å². The van der Waals surface area contributed by atoms with Crippen molar-refractivity contribution >= 4 is 27.5 Å². The Balaban J connectivity index is 2.64. The Morgan fingerprint density at radius 1 is 1.50 bits per heavy atom. The van der Waals surface area contributed by atoms with Crippen molar-refractivity contribution in [1.29, 1.82) is 0 Å². The number of hydrogen-bond acceptors (Lipinski definition) is 4. The highest BCUT2D eigenvalue weighted by Crippen LogP contribution is 2.29. The van der Waals surface area contributed by atoms with E-state index >= 15 is 0 Å². The smallest absolute Gasteiger partial charge is 0.273 e. The first-order chi connectivity index (χ1) is 8.41. The fraction of sp³-hybridized carbons (Fsp3) is 0.364. The fourth-order valence-electron chi connectivity index (χ4n) is 1.19. The third kappa shape index (κ3) is 3.99. The molecule has 0 bridgehead atoms. The summed E-state index contributed by atoms with van der Waals surface area (Å²) in [5, 5.41) is 10.6. The Labute approximate surface area is 113 Å². The molecule has 1 amide bonds. The van der Waals surface area contributed by atoms with Crippen molar-refractivity contribution in [3.63, 3.8) is 0 Å². The number of hydrogen-bond donors (Lipinski definition) is 0. The molecule has 1 aromatic rings. The van der Waals surface area contributed by atoms with Gasteiger partial charge in [0.1, 0.15) is 5.75 Å². The predicted octanol–water partition coefficient (Wildman–Crippen LogP) is 2.21. The molecule has 0 saturated carbocycles. The zero-order chi connectivity index (χ0) is 13.7. The van der Waals surface area contributed by atoms with Crippen LogP contribution in [0.1, 0.15) is 6.42 Å². The van der Waals surface area contributed by atoms with E-state index in [-0.39, 0.29) is 24.6 Å². The molecule has 0 aliphatic rings. The van der Waals surface area contributed by atoms with Crippen LogP contribution in [0.5, 0.6) is 5.75 Å². The molecule has 0 fully saturated rings. The summed E-state index contributed by atoms with van der Waals surface area (Å²) >= 11 is 3.23. The van der Waals surface area contributed by atoms with Gasteiger partial charge in [0.25, 0.3) is 5.69 Å². The van der Waals surface area contributed by atoms with Crippen molar-refractivity contribution in [2.75, 3.05) is 20.7 Å². The summed E-state index contributed by atoms with van der Waals surface area (Å²) in [4.78, 5) is 22.9. The Bertz CT molecular complexity index is 462. The van der Waals surface area contributed by atoms with Gasteiger partial charge in [-0.15, -0.1) is 0 Å². The summed E-state index contributed by atoms with van der Waals surface area (Å²) in [6, 6.07) is 4.24. The number of carbonyl (C=O) groups is 1. The fourth-order valence-corrected chi connectivity index (χ4v) is 1.55. The number of halogens is 1. The number of nitro groups is 1. The molecule has 0 N–H and O–H groups in total. The SMILES string of the molecule is CN(C)C(=O)CCOc1cc([N+](=O)[O-])ccc1Br. The minimum atomic E-state index is -0.496. The van der Waals surface area contributed by atoms with Crippen molar-refractivity contribution < 1.29 is 14.5 Å². The standard InChI is InChI=1S/C11H13BrN2O4/c1-13(2)11(15)5-6-18-10-7-8(14(16)17)3-4-9(10)12/h3-4,7H,5-6H2,1-2H3. The topological polar surface area (TPSA) is 72.7 Å². The molecular weight excluding hydrogens is 304 g/mol. The number of amides is 1. The van der Waals surface area contributed by atoms with Gasteiger partial charge in [-0.3, -0.25) is 14.9 Å². The van der Waals surface area contributed by atoms with Gasteiger partial charge in [-0.25, -0.2) is 0 Å². The molecule has 98 valence electrons. The molecule has 0 heterocycles. The quantitative estimate of drug-likeness (QED) is 0.616. The van der Waals surface area contributed by atoms with E-state index in [0.717, 1.165) is 0 Å². The lowest BCUT2D eigenvalue weighted by Crippen LogP contribution is -2.23. The number of carbonyl (C=O) groups excluding carboxylic acids is 1. The van der Waals surface area contributed by atoms with Gasteiger partial charge >= 0.3 is 0 Å². The number of nitrogens with zero attached hydrogens (tertiary/aromatic N) is 2. The van der Waals surface area contributed by atoms with Gasteiger partial charge in [0.2, 0.25) is 5.91 Å². The maximum atomic E-state index is 11.3. The van der Waals surface area contributed by atoms with Crippen LogP contribution in [0.4, 0.5) is 5.69 Å². The lowest BCUT2D eigenvalue weighted by atomic mass is 10.3. The van der Waals surface area contributed by atoms with E-state index in [9.17, 15) is 14.9 Å². The van der Waals surface area contributed by atoms with Gasteiger partial charge in [-0.1, -0.05) is 0 Å². The Morgan fingerprint density at radius 3 is 2.72 bits per heavy atom. The molecule has 1 aromatic carbocycles. The molecule has 0 atom stereocenters. The van der Waals surface area contributed by atoms with Gasteiger partial charge in [-0.2, -0.15) is 0 Å². The number of ether oxygens (including phenoxy) is 1. The highest BCUT2D eigenvalue weighted by Gasteiger charge is 2.11. The molecule has 0 aromatic heterocycles. The molecule has 0 radical (unpaired) electrons. The normalized spacial score (nSPS) is 9.94. The minimum Gasteiger partial charge on any atom is -0.492 e. The zero-order valence-corrected chi connectivity index (χ0v) is 11.6. The number of benzene rings is 1. The van der Waals surface area contributed by atoms with Gasteiger partial charge < -0.3 is 9.64 Å². The summed E-state index contributed by atoms with van der Waals surface area (Å²) < 4.78 is 5.97. The summed E-state index contributed by atoms with van der Waals surface area (Å²) in [5.41, 5.74) is -0.0489. The Morgan fingerprint density at radius 2 is 2.17 bits per heavy atom. The maximum Gasteiger partial charge on any atom is 0.273 e. The molecular formula is C11H13BrN2O4. The zero-order valence-electron chi connectivity index (χ0n) is 10.1. The number of non-ortho nitro benzene ring substituents is 1. The van der Waals surface area contributed by atoms with Crippen molar-refractivity contribution in [3.05, 3.63) is 32.8 Å². The van der Waals surface area contributed by atoms with E-state index in [1.165, 1.54) is 17.0 Å². The number of nitro benzene ring substituents is 1. The van der Waals surface area contributed by atoms with Crippen LogP contribution in [0.15, 0.2) is 22.7 Å². The largest absolute Gasteiger partial charge is 0.492 e. The molecule has 0 spiro atoms. The van der Waals surface area contributed by atoms with Crippen LogP contribution in [0, 0.1) is 10.1 Å². The first-order valence-electron chi connectivity index (χ1n) is 5.18. The minimum absolute atomic E-state index is 0.0489. The average molecular weight is 317 g/mol. The molecule has 0 saturated heterocycles. The van der Waals surface area contributed by atoms with Crippen LogP contribution in [0.2, 0.25) is 0 Å². The molecule has 1 rings (SSSR count). The van der Waals surface area contributed by atoms with E-state index in [0.29, 0.717) is 10.2 Å². The first-order valence-corrected chi connectivity index (χ1v) is 5.98. The Kier molecular flexibility index (Phi) is 5.08. The average Bonchev–Trinajstić information content (AvgIpc) is 2.30. The van der Waals surface area contributed by atoms with E-state index in [1.54, 1.807) is 20.2 Å². The van der Waals surface area contributed by atoms with Crippen molar-refractivity contribution in [1.82, 2.24) is 4.90 Å². The van der Waals surface area contributed by atoms with Crippen LogP contribution < -0.4 is 4.74 Å². The second-order valence-electron chi connectivity index (χ2n) is 3.76. The number of rotatable bonds is 5. The van der Waals surface area contributed by atoms with Crippen LogP contribution in [-0.2, 0) is 4.79 Å². The molecule has 6 nitrogen and oxygen atoms in total. The van der Waals surface area contributed by atoms with Gasteiger partial charge in [-0.05, 0) is 22.0 Å². The molecule has 7 heteroatoms. The van der Waals surface area contributed by atoms with Crippen LogP contribution in [0.3, 0.4) is 0 Å².